The van der Waals surface area contributed by atoms with Crippen LogP contribution >= 0.6 is 0 Å². The quantitative estimate of drug-likeness (QED) is 0.344. The van der Waals surface area contributed by atoms with Crippen molar-refractivity contribution in [3.05, 3.63) is 107 Å². The standard InChI is InChI=1S/C29H25N5O4/c1-18-26(28(36)34(33(18)3)21-9-5-4-6-10-21)32-27(35)19(2)38-29(37)23-17-25(20-13-15-30-16-14-20)31-24-12-8-7-11-22(23)24/h4-17,19H,1-3H3,(H,32,35). The topological polar surface area (TPSA) is 108 Å². The number of ether oxygens (including phenoxy) is 1. The number of hydrogen-bond acceptors (Lipinski definition) is 6. The summed E-state index contributed by atoms with van der Waals surface area (Å²) in [6.45, 7) is 3.20. The minimum atomic E-state index is -1.16. The fraction of sp³-hybridized carbons (Fsp3) is 0.138. The van der Waals surface area contributed by atoms with Crippen LogP contribution in [0.1, 0.15) is 23.0 Å². The van der Waals surface area contributed by atoms with Crippen molar-refractivity contribution in [2.75, 3.05) is 5.32 Å². The third-order valence-corrected chi connectivity index (χ3v) is 6.37. The molecule has 1 N–H and O–H groups in total. The zero-order valence-corrected chi connectivity index (χ0v) is 21.1. The van der Waals surface area contributed by atoms with Crippen LogP contribution in [-0.2, 0) is 16.6 Å². The summed E-state index contributed by atoms with van der Waals surface area (Å²) in [6.07, 6.45) is 2.13. The summed E-state index contributed by atoms with van der Waals surface area (Å²) in [5.41, 5.74) is 3.24. The molecule has 5 rings (SSSR count). The Kier molecular flexibility index (Phi) is 6.57. The lowest BCUT2D eigenvalue weighted by molar-refractivity contribution is -0.123. The molecule has 0 saturated carbocycles. The van der Waals surface area contributed by atoms with E-state index >= 15 is 0 Å². The van der Waals surface area contributed by atoms with Gasteiger partial charge in [0.15, 0.2) is 6.10 Å². The van der Waals surface area contributed by atoms with Gasteiger partial charge in [-0.25, -0.2) is 14.5 Å². The number of carbonyl (C=O) groups is 2. The predicted molar refractivity (Wildman–Crippen MR) is 144 cm³/mol. The van der Waals surface area contributed by atoms with Crippen LogP contribution in [0.15, 0.2) is 90.0 Å². The first-order chi connectivity index (χ1) is 18.3. The molecule has 2 aromatic carbocycles. The molecule has 1 unspecified atom stereocenters. The van der Waals surface area contributed by atoms with Crippen molar-refractivity contribution in [3.63, 3.8) is 0 Å². The summed E-state index contributed by atoms with van der Waals surface area (Å²) < 4.78 is 8.69. The number of amides is 1. The van der Waals surface area contributed by atoms with Crippen molar-refractivity contribution in [1.82, 2.24) is 19.3 Å². The molecule has 5 aromatic rings. The second kappa shape index (κ2) is 10.1. The number of carbonyl (C=O) groups excluding carboxylic acids is 2. The highest BCUT2D eigenvalue weighted by Gasteiger charge is 2.25. The van der Waals surface area contributed by atoms with Crippen LogP contribution in [0.2, 0.25) is 0 Å². The number of aromatic nitrogens is 4. The maximum atomic E-state index is 13.3. The minimum absolute atomic E-state index is 0.124. The molecule has 0 aliphatic heterocycles. The molecule has 3 heterocycles. The summed E-state index contributed by atoms with van der Waals surface area (Å²) in [5, 5.41) is 3.26. The second-order valence-electron chi connectivity index (χ2n) is 8.78. The highest BCUT2D eigenvalue weighted by Crippen LogP contribution is 2.25. The van der Waals surface area contributed by atoms with Gasteiger partial charge in [-0.2, -0.15) is 0 Å². The Balaban J connectivity index is 1.40. The maximum Gasteiger partial charge on any atom is 0.339 e. The van der Waals surface area contributed by atoms with Gasteiger partial charge in [0.05, 0.1) is 28.2 Å². The highest BCUT2D eigenvalue weighted by atomic mass is 16.5. The molecular weight excluding hydrogens is 482 g/mol. The van der Waals surface area contributed by atoms with Crippen molar-refractivity contribution in [3.8, 4) is 16.9 Å². The molecule has 0 saturated heterocycles. The first kappa shape index (κ1) is 24.6. The zero-order chi connectivity index (χ0) is 26.8. The van der Waals surface area contributed by atoms with E-state index in [0.29, 0.717) is 28.0 Å². The van der Waals surface area contributed by atoms with Gasteiger partial charge in [0.25, 0.3) is 11.5 Å². The molecule has 9 heteroatoms. The van der Waals surface area contributed by atoms with Gasteiger partial charge in [-0.15, -0.1) is 0 Å². The monoisotopic (exact) mass is 507 g/mol. The van der Waals surface area contributed by atoms with Crippen LogP contribution in [-0.4, -0.2) is 37.3 Å². The number of benzene rings is 2. The number of para-hydroxylation sites is 2. The van der Waals surface area contributed by atoms with Crippen molar-refractivity contribution in [2.24, 2.45) is 7.05 Å². The van der Waals surface area contributed by atoms with Crippen LogP contribution in [0.5, 0.6) is 0 Å². The van der Waals surface area contributed by atoms with Gasteiger partial charge < -0.3 is 10.1 Å². The largest absolute Gasteiger partial charge is 0.449 e. The Bertz CT molecular complexity index is 1710. The third kappa shape index (κ3) is 4.57. The van der Waals surface area contributed by atoms with Gasteiger partial charge in [-0.3, -0.25) is 19.3 Å². The maximum absolute atomic E-state index is 13.3. The van der Waals surface area contributed by atoms with E-state index in [1.807, 2.05) is 30.3 Å². The van der Waals surface area contributed by atoms with E-state index in [1.165, 1.54) is 11.6 Å². The number of hydrogen-bond donors (Lipinski definition) is 1. The van der Waals surface area contributed by atoms with Crippen LogP contribution in [0.3, 0.4) is 0 Å². The van der Waals surface area contributed by atoms with Crippen LogP contribution in [0.25, 0.3) is 27.8 Å². The molecule has 190 valence electrons. The average molecular weight is 508 g/mol. The Morgan fingerprint density at radius 2 is 1.66 bits per heavy atom. The summed E-state index contributed by atoms with van der Waals surface area (Å²) in [5.74, 6) is -1.29. The number of rotatable bonds is 6. The van der Waals surface area contributed by atoms with E-state index in [2.05, 4.69) is 15.3 Å². The summed E-state index contributed by atoms with van der Waals surface area (Å²) in [4.78, 5) is 48.1. The second-order valence-corrected chi connectivity index (χ2v) is 8.78. The third-order valence-electron chi connectivity index (χ3n) is 6.37. The Morgan fingerprint density at radius 1 is 0.974 bits per heavy atom. The lowest BCUT2D eigenvalue weighted by atomic mass is 10.0. The van der Waals surface area contributed by atoms with E-state index in [0.717, 1.165) is 5.56 Å². The highest BCUT2D eigenvalue weighted by molar-refractivity contribution is 6.06. The summed E-state index contributed by atoms with van der Waals surface area (Å²) >= 11 is 0. The fourth-order valence-electron chi connectivity index (χ4n) is 4.23. The first-order valence-corrected chi connectivity index (χ1v) is 12.0. The Labute approximate surface area is 218 Å². The van der Waals surface area contributed by atoms with E-state index in [1.54, 1.807) is 73.5 Å². The lowest BCUT2D eigenvalue weighted by Gasteiger charge is -2.15. The Hall–Kier alpha value is -5.05. The zero-order valence-electron chi connectivity index (χ0n) is 21.1. The van der Waals surface area contributed by atoms with E-state index in [-0.39, 0.29) is 16.8 Å². The molecule has 1 amide bonds. The fourth-order valence-corrected chi connectivity index (χ4v) is 4.23. The SMILES string of the molecule is Cc1c(NC(=O)C(C)OC(=O)c2cc(-c3ccncc3)nc3ccccc23)c(=O)n(-c2ccccc2)n1C. The molecule has 9 nitrogen and oxygen atoms in total. The smallest absolute Gasteiger partial charge is 0.339 e. The normalized spacial score (nSPS) is 11.8. The molecule has 0 aliphatic carbocycles. The summed E-state index contributed by atoms with van der Waals surface area (Å²) in [7, 11) is 1.73. The number of esters is 1. The molecule has 0 bridgehead atoms. The first-order valence-electron chi connectivity index (χ1n) is 12.0. The Morgan fingerprint density at radius 3 is 2.39 bits per heavy atom. The molecule has 0 fully saturated rings. The molecule has 0 spiro atoms. The lowest BCUT2D eigenvalue weighted by Crippen LogP contribution is -2.32. The predicted octanol–water partition coefficient (Wildman–Crippen LogP) is 4.28. The van der Waals surface area contributed by atoms with Gasteiger partial charge >= 0.3 is 5.97 Å². The van der Waals surface area contributed by atoms with Crippen molar-refractivity contribution in [2.45, 2.75) is 20.0 Å². The number of nitrogens with zero attached hydrogens (tertiary/aromatic N) is 4. The summed E-state index contributed by atoms with van der Waals surface area (Å²) in [6, 6.07) is 21.6. The van der Waals surface area contributed by atoms with E-state index in [4.69, 9.17) is 4.74 Å². The molecule has 0 aliphatic rings. The van der Waals surface area contributed by atoms with Crippen LogP contribution < -0.4 is 10.9 Å². The molecule has 1 atom stereocenters. The molecule has 0 radical (unpaired) electrons. The van der Waals surface area contributed by atoms with Crippen molar-refractivity contribution in [1.29, 1.82) is 0 Å². The number of anilines is 1. The number of pyridine rings is 2. The van der Waals surface area contributed by atoms with Gasteiger partial charge in [0.1, 0.15) is 5.69 Å². The van der Waals surface area contributed by atoms with Crippen LogP contribution in [0, 0.1) is 6.92 Å². The molecule has 3 aromatic heterocycles. The molecule has 38 heavy (non-hydrogen) atoms. The van der Waals surface area contributed by atoms with E-state index < -0.39 is 18.0 Å². The van der Waals surface area contributed by atoms with Crippen LogP contribution in [0.4, 0.5) is 5.69 Å². The van der Waals surface area contributed by atoms with Crippen molar-refractivity contribution >= 4 is 28.5 Å². The molecular formula is C29H25N5O4. The van der Waals surface area contributed by atoms with Gasteiger partial charge in [0.2, 0.25) is 0 Å². The van der Waals surface area contributed by atoms with Gasteiger partial charge in [-0.1, -0.05) is 36.4 Å². The van der Waals surface area contributed by atoms with Crippen molar-refractivity contribution < 1.29 is 14.3 Å². The van der Waals surface area contributed by atoms with Gasteiger partial charge in [0, 0.05) is 30.4 Å². The number of fused-ring (bicyclic) bond motifs is 1. The van der Waals surface area contributed by atoms with Gasteiger partial charge in [-0.05, 0) is 50.2 Å². The minimum Gasteiger partial charge on any atom is -0.449 e. The number of nitrogens with one attached hydrogen (secondary N) is 1. The average Bonchev–Trinajstić information content (AvgIpc) is 3.15. The van der Waals surface area contributed by atoms with E-state index in [9.17, 15) is 14.4 Å².